The van der Waals surface area contributed by atoms with E-state index in [0.717, 1.165) is 4.90 Å². The van der Waals surface area contributed by atoms with E-state index in [-0.39, 0.29) is 18.7 Å². The largest absolute Gasteiger partial charge is 0.399 e. The molecule has 0 aromatic heterocycles. The molecule has 0 fully saturated rings. The molecule has 0 radical (unpaired) electrons. The van der Waals surface area contributed by atoms with Gasteiger partial charge in [-0.3, -0.25) is 4.79 Å². The molecule has 0 saturated carbocycles. The van der Waals surface area contributed by atoms with E-state index in [9.17, 15) is 13.6 Å². The molecule has 18 heavy (non-hydrogen) atoms. The molecule has 4 nitrogen and oxygen atoms in total. The Balaban J connectivity index is 2.93. The van der Waals surface area contributed by atoms with Crippen molar-refractivity contribution in [2.75, 3.05) is 25.4 Å². The van der Waals surface area contributed by atoms with Gasteiger partial charge in [0.1, 0.15) is 0 Å². The van der Waals surface area contributed by atoms with Crippen molar-refractivity contribution in [3.8, 4) is 0 Å². The van der Waals surface area contributed by atoms with E-state index in [1.54, 1.807) is 6.07 Å². The topological polar surface area (TPSA) is 66.6 Å². The minimum atomic E-state index is -2.65. The number of carbonyl (C=O) groups is 1. The summed E-state index contributed by atoms with van der Waals surface area (Å²) >= 11 is 3.17. The van der Waals surface area contributed by atoms with E-state index in [2.05, 4.69) is 15.9 Å². The zero-order chi connectivity index (χ0) is 13.7. The van der Waals surface area contributed by atoms with Crippen LogP contribution in [0.3, 0.4) is 0 Å². The molecule has 1 rings (SSSR count). The monoisotopic (exact) mass is 322 g/mol. The minimum absolute atomic E-state index is 0.143. The van der Waals surface area contributed by atoms with Crippen molar-refractivity contribution in [3.63, 3.8) is 0 Å². The van der Waals surface area contributed by atoms with E-state index in [4.69, 9.17) is 10.8 Å². The van der Waals surface area contributed by atoms with E-state index >= 15 is 0 Å². The predicted octanol–water partition coefficient (Wildman–Crippen LogP) is 1.73. The number of carbonyl (C=O) groups excluding carboxylic acids is 1. The van der Waals surface area contributed by atoms with Crippen molar-refractivity contribution in [1.29, 1.82) is 0 Å². The summed E-state index contributed by atoms with van der Waals surface area (Å²) < 4.78 is 25.3. The molecule has 100 valence electrons. The summed E-state index contributed by atoms with van der Waals surface area (Å²) in [5, 5.41) is 8.78. The number of nitrogens with zero attached hydrogens (tertiary/aromatic N) is 1. The maximum absolute atomic E-state index is 12.3. The third kappa shape index (κ3) is 4.23. The molecular formula is C11H13BrF2N2O2. The fraction of sp³-hybridized carbons (Fsp3) is 0.364. The second-order valence-corrected chi connectivity index (χ2v) is 4.55. The Morgan fingerprint density at radius 2 is 2.11 bits per heavy atom. The average Bonchev–Trinajstić information content (AvgIpc) is 2.25. The normalized spacial score (nSPS) is 10.7. The lowest BCUT2D eigenvalue weighted by Gasteiger charge is -2.21. The highest BCUT2D eigenvalue weighted by Crippen LogP contribution is 2.19. The molecule has 0 aliphatic rings. The van der Waals surface area contributed by atoms with Crippen LogP contribution in [0.25, 0.3) is 0 Å². The Bertz CT molecular complexity index is 409. The van der Waals surface area contributed by atoms with Crippen molar-refractivity contribution in [3.05, 3.63) is 28.2 Å². The van der Waals surface area contributed by atoms with Gasteiger partial charge in [-0.05, 0) is 18.2 Å². The predicted molar refractivity (Wildman–Crippen MR) is 67.5 cm³/mol. The van der Waals surface area contributed by atoms with Gasteiger partial charge in [-0.25, -0.2) is 8.78 Å². The summed E-state index contributed by atoms with van der Waals surface area (Å²) in [6.07, 6.45) is -2.65. The summed E-state index contributed by atoms with van der Waals surface area (Å²) in [7, 11) is 0. The summed E-state index contributed by atoms with van der Waals surface area (Å²) in [6, 6.07) is 4.50. The first kappa shape index (κ1) is 14.8. The summed E-state index contributed by atoms with van der Waals surface area (Å²) in [5.74, 6) is -0.586. The Morgan fingerprint density at radius 3 is 2.61 bits per heavy atom. The molecule has 0 aliphatic carbocycles. The van der Waals surface area contributed by atoms with Gasteiger partial charge in [0.05, 0.1) is 13.2 Å². The SMILES string of the molecule is Nc1cc(Br)cc(C(=O)N(CCO)CC(F)F)c1. The summed E-state index contributed by atoms with van der Waals surface area (Å²) in [4.78, 5) is 12.9. The van der Waals surface area contributed by atoms with Gasteiger partial charge in [0.15, 0.2) is 0 Å². The third-order valence-electron chi connectivity index (χ3n) is 2.18. The van der Waals surface area contributed by atoms with E-state index in [1.807, 2.05) is 0 Å². The fourth-order valence-electron chi connectivity index (χ4n) is 1.48. The highest BCUT2D eigenvalue weighted by atomic mass is 79.9. The average molecular weight is 323 g/mol. The van der Waals surface area contributed by atoms with Crippen LogP contribution in [-0.2, 0) is 0 Å². The number of rotatable bonds is 5. The minimum Gasteiger partial charge on any atom is -0.399 e. The molecular weight excluding hydrogens is 310 g/mol. The smallest absolute Gasteiger partial charge is 0.255 e. The van der Waals surface area contributed by atoms with Crippen LogP contribution in [0.1, 0.15) is 10.4 Å². The molecule has 0 bridgehead atoms. The number of halogens is 3. The van der Waals surface area contributed by atoms with Crippen LogP contribution in [0.15, 0.2) is 22.7 Å². The lowest BCUT2D eigenvalue weighted by atomic mass is 10.1. The Labute approximate surface area is 112 Å². The Kier molecular flexibility index (Phi) is 5.49. The molecule has 3 N–H and O–H groups in total. The van der Waals surface area contributed by atoms with Crippen molar-refractivity contribution in [2.45, 2.75) is 6.43 Å². The van der Waals surface area contributed by atoms with Gasteiger partial charge in [0.2, 0.25) is 0 Å². The second-order valence-electron chi connectivity index (χ2n) is 3.64. The van der Waals surface area contributed by atoms with Gasteiger partial charge in [0, 0.05) is 22.3 Å². The maximum atomic E-state index is 12.3. The molecule has 0 unspecified atom stereocenters. The van der Waals surface area contributed by atoms with E-state index in [1.165, 1.54) is 12.1 Å². The van der Waals surface area contributed by atoms with Crippen LogP contribution < -0.4 is 5.73 Å². The van der Waals surface area contributed by atoms with Crippen LogP contribution >= 0.6 is 15.9 Å². The molecule has 0 heterocycles. The maximum Gasteiger partial charge on any atom is 0.255 e. The second kappa shape index (κ2) is 6.65. The molecule has 0 aliphatic heterocycles. The number of aliphatic hydroxyl groups excluding tert-OH is 1. The van der Waals surface area contributed by atoms with Gasteiger partial charge in [-0.15, -0.1) is 0 Å². The fourth-order valence-corrected chi connectivity index (χ4v) is 1.99. The van der Waals surface area contributed by atoms with Crippen LogP contribution in [0.2, 0.25) is 0 Å². The lowest BCUT2D eigenvalue weighted by Crippen LogP contribution is -2.37. The molecule has 0 spiro atoms. The van der Waals surface area contributed by atoms with Gasteiger partial charge in [0.25, 0.3) is 12.3 Å². The van der Waals surface area contributed by atoms with E-state index in [0.29, 0.717) is 10.2 Å². The van der Waals surface area contributed by atoms with Crippen LogP contribution in [-0.4, -0.2) is 42.0 Å². The first-order chi connectivity index (χ1) is 8.43. The third-order valence-corrected chi connectivity index (χ3v) is 2.64. The van der Waals surface area contributed by atoms with Crippen molar-refractivity contribution >= 4 is 27.5 Å². The first-order valence-electron chi connectivity index (χ1n) is 5.18. The van der Waals surface area contributed by atoms with Gasteiger partial charge >= 0.3 is 0 Å². The van der Waals surface area contributed by atoms with E-state index < -0.39 is 18.9 Å². The van der Waals surface area contributed by atoms with Gasteiger partial charge in [-0.1, -0.05) is 15.9 Å². The lowest BCUT2D eigenvalue weighted by molar-refractivity contribution is 0.0509. The highest BCUT2D eigenvalue weighted by molar-refractivity contribution is 9.10. The number of aliphatic hydroxyl groups is 1. The summed E-state index contributed by atoms with van der Waals surface area (Å²) in [6.45, 7) is -1.23. The molecule has 1 amide bonds. The van der Waals surface area contributed by atoms with Crippen molar-refractivity contribution < 1.29 is 18.7 Å². The van der Waals surface area contributed by atoms with Gasteiger partial charge < -0.3 is 15.7 Å². The molecule has 0 saturated heterocycles. The molecule has 1 aromatic carbocycles. The number of alkyl halides is 2. The number of hydrogen-bond acceptors (Lipinski definition) is 3. The van der Waals surface area contributed by atoms with Crippen molar-refractivity contribution in [2.24, 2.45) is 0 Å². The zero-order valence-corrected chi connectivity index (χ0v) is 11.0. The number of benzene rings is 1. The molecule has 1 aromatic rings. The number of hydrogen-bond donors (Lipinski definition) is 2. The first-order valence-corrected chi connectivity index (χ1v) is 5.97. The number of nitrogens with two attached hydrogens (primary N) is 1. The quantitative estimate of drug-likeness (QED) is 0.811. The summed E-state index contributed by atoms with van der Waals surface area (Å²) in [5.41, 5.74) is 6.13. The standard InChI is InChI=1S/C11H13BrF2N2O2/c12-8-3-7(4-9(15)5-8)11(18)16(1-2-17)6-10(13)14/h3-5,10,17H,1-2,6,15H2. The zero-order valence-electron chi connectivity index (χ0n) is 9.44. The van der Waals surface area contributed by atoms with Crippen molar-refractivity contribution in [1.82, 2.24) is 4.90 Å². The highest BCUT2D eigenvalue weighted by Gasteiger charge is 2.19. The Morgan fingerprint density at radius 1 is 1.44 bits per heavy atom. The van der Waals surface area contributed by atoms with Gasteiger partial charge in [-0.2, -0.15) is 0 Å². The number of nitrogen functional groups attached to an aromatic ring is 1. The number of amides is 1. The molecule has 7 heteroatoms. The number of anilines is 1. The Hall–Kier alpha value is -1.21. The van der Waals surface area contributed by atoms with Crippen LogP contribution in [0, 0.1) is 0 Å². The molecule has 0 atom stereocenters. The van der Waals surface area contributed by atoms with Crippen LogP contribution in [0.4, 0.5) is 14.5 Å². The van der Waals surface area contributed by atoms with Crippen LogP contribution in [0.5, 0.6) is 0 Å².